The number of benzene rings is 2. The molecule has 0 spiro atoms. The highest BCUT2D eigenvalue weighted by molar-refractivity contribution is 6.31. The van der Waals surface area contributed by atoms with Gasteiger partial charge in [0.05, 0.1) is 17.7 Å². The zero-order chi connectivity index (χ0) is 21.8. The number of aliphatic imine (C=N–C) groups is 1. The molecule has 0 aliphatic heterocycles. The Hall–Kier alpha value is -2.82. The summed E-state index contributed by atoms with van der Waals surface area (Å²) in [6.07, 6.45) is -10.1. The third kappa shape index (κ3) is 6.63. The van der Waals surface area contributed by atoms with Crippen LogP contribution in [0.15, 0.2) is 47.5 Å². The molecule has 156 valence electrons. The lowest BCUT2D eigenvalue weighted by atomic mass is 10.1. The van der Waals surface area contributed by atoms with Gasteiger partial charge in [0, 0.05) is 15.6 Å². The van der Waals surface area contributed by atoms with Gasteiger partial charge in [-0.05, 0) is 29.8 Å². The Morgan fingerprint density at radius 2 is 1.59 bits per heavy atom. The van der Waals surface area contributed by atoms with Crippen LogP contribution in [0, 0.1) is 10.1 Å². The van der Waals surface area contributed by atoms with Crippen molar-refractivity contribution in [2.45, 2.75) is 18.9 Å². The van der Waals surface area contributed by atoms with E-state index in [0.717, 1.165) is 0 Å². The van der Waals surface area contributed by atoms with E-state index in [1.807, 2.05) is 0 Å². The topological polar surface area (TPSA) is 67.5 Å². The smallest absolute Gasteiger partial charge is 0.338 e. The molecule has 2 rings (SSSR count). The Morgan fingerprint density at radius 3 is 2.07 bits per heavy atom. The minimum Gasteiger partial charge on any atom is -0.338 e. The molecule has 0 unspecified atom stereocenters. The van der Waals surface area contributed by atoms with E-state index in [-0.39, 0.29) is 12.6 Å². The van der Waals surface area contributed by atoms with E-state index in [0.29, 0.717) is 22.7 Å². The highest BCUT2D eigenvalue weighted by Gasteiger charge is 2.37. The normalized spacial score (nSPS) is 12.7. The third-order valence-corrected chi connectivity index (χ3v) is 3.92. The van der Waals surface area contributed by atoms with Crippen LogP contribution in [0.2, 0.25) is 5.02 Å². The first-order valence-corrected chi connectivity index (χ1v) is 8.19. The molecule has 0 radical (unpaired) electrons. The standard InChI is InChI=1S/C17H12ClF6N3O2/c18-14-4-2-1-3-10(14)8-25-15(9-27(28)29)26-13-6-11(16(19,20)21)5-12(7-13)17(22,23)24/h1-7H,8-9H2,(H,25,26). The monoisotopic (exact) mass is 439 g/mol. The average molecular weight is 440 g/mol. The van der Waals surface area contributed by atoms with E-state index in [9.17, 15) is 36.5 Å². The van der Waals surface area contributed by atoms with Crippen LogP contribution in [0.1, 0.15) is 16.7 Å². The van der Waals surface area contributed by atoms with Crippen molar-refractivity contribution in [2.24, 2.45) is 4.99 Å². The first-order valence-electron chi connectivity index (χ1n) is 7.81. The number of rotatable bonds is 5. The van der Waals surface area contributed by atoms with Gasteiger partial charge < -0.3 is 5.32 Å². The van der Waals surface area contributed by atoms with Gasteiger partial charge in [0.25, 0.3) is 6.54 Å². The molecule has 0 aromatic heterocycles. The summed E-state index contributed by atoms with van der Waals surface area (Å²) in [5.74, 6) is -0.428. The maximum Gasteiger partial charge on any atom is 0.416 e. The van der Waals surface area contributed by atoms with Crippen molar-refractivity contribution < 1.29 is 31.3 Å². The summed E-state index contributed by atoms with van der Waals surface area (Å²) in [5.41, 5.74) is -3.27. The second-order valence-corrected chi connectivity index (χ2v) is 6.17. The van der Waals surface area contributed by atoms with Crippen molar-refractivity contribution in [1.82, 2.24) is 0 Å². The number of nitro groups is 1. The van der Waals surface area contributed by atoms with Crippen molar-refractivity contribution in [3.05, 3.63) is 74.3 Å². The lowest BCUT2D eigenvalue weighted by Crippen LogP contribution is -2.23. The molecule has 5 nitrogen and oxygen atoms in total. The Morgan fingerprint density at radius 1 is 1.03 bits per heavy atom. The van der Waals surface area contributed by atoms with E-state index in [2.05, 4.69) is 10.3 Å². The van der Waals surface area contributed by atoms with Crippen LogP contribution >= 0.6 is 11.6 Å². The number of hydrogen-bond acceptors (Lipinski definition) is 3. The Balaban J connectivity index is 2.40. The van der Waals surface area contributed by atoms with Gasteiger partial charge in [-0.1, -0.05) is 29.8 Å². The van der Waals surface area contributed by atoms with E-state index >= 15 is 0 Å². The fourth-order valence-electron chi connectivity index (χ4n) is 2.25. The van der Waals surface area contributed by atoms with Gasteiger partial charge in [-0.2, -0.15) is 26.3 Å². The fraction of sp³-hybridized carbons (Fsp3) is 0.235. The van der Waals surface area contributed by atoms with Gasteiger partial charge in [-0.25, -0.2) is 0 Å². The SMILES string of the molecule is O=[N+]([O-])CC(=NCc1ccccc1Cl)Nc1cc(C(F)(F)F)cc(C(F)(F)F)c1. The van der Waals surface area contributed by atoms with Gasteiger partial charge in [-0.3, -0.25) is 15.1 Å². The number of amidine groups is 1. The predicted molar refractivity (Wildman–Crippen MR) is 94.5 cm³/mol. The van der Waals surface area contributed by atoms with Crippen molar-refractivity contribution in [3.63, 3.8) is 0 Å². The van der Waals surface area contributed by atoms with Gasteiger partial charge in [0.15, 0.2) is 5.84 Å². The van der Waals surface area contributed by atoms with Crippen LogP contribution in [0.4, 0.5) is 32.0 Å². The number of alkyl halides is 6. The van der Waals surface area contributed by atoms with Crippen LogP contribution in [0.5, 0.6) is 0 Å². The third-order valence-electron chi connectivity index (χ3n) is 3.55. The molecule has 1 N–H and O–H groups in total. The molecule has 2 aromatic rings. The Kier molecular flexibility index (Phi) is 6.73. The Bertz CT molecular complexity index is 896. The van der Waals surface area contributed by atoms with E-state index in [1.54, 1.807) is 18.2 Å². The summed E-state index contributed by atoms with van der Waals surface area (Å²) in [6.45, 7) is -1.11. The van der Waals surface area contributed by atoms with Crippen LogP contribution < -0.4 is 5.32 Å². The Labute approximate surface area is 165 Å². The molecule has 2 aromatic carbocycles. The van der Waals surface area contributed by atoms with Crippen molar-refractivity contribution in [1.29, 1.82) is 0 Å². The molecule has 29 heavy (non-hydrogen) atoms. The highest BCUT2D eigenvalue weighted by Crippen LogP contribution is 2.37. The van der Waals surface area contributed by atoms with E-state index in [1.165, 1.54) is 6.07 Å². The maximum absolute atomic E-state index is 12.9. The van der Waals surface area contributed by atoms with Crippen LogP contribution in [0.3, 0.4) is 0 Å². The molecule has 0 aliphatic rings. The van der Waals surface area contributed by atoms with Crippen LogP contribution in [-0.2, 0) is 18.9 Å². The number of anilines is 1. The summed E-state index contributed by atoms with van der Waals surface area (Å²) in [6, 6.07) is 7.16. The first-order chi connectivity index (χ1) is 13.4. The second-order valence-electron chi connectivity index (χ2n) is 5.76. The molecule has 0 saturated carbocycles. The van der Waals surface area contributed by atoms with Gasteiger partial charge >= 0.3 is 12.4 Å². The molecule has 0 bridgehead atoms. The molecule has 0 heterocycles. The predicted octanol–water partition coefficient (Wildman–Crippen LogP) is 5.66. The quantitative estimate of drug-likeness (QED) is 0.215. The fourth-order valence-corrected chi connectivity index (χ4v) is 2.45. The average Bonchev–Trinajstić information content (AvgIpc) is 2.58. The van der Waals surface area contributed by atoms with Crippen LogP contribution in [0.25, 0.3) is 0 Å². The first kappa shape index (κ1) is 22.5. The van der Waals surface area contributed by atoms with E-state index < -0.39 is 46.5 Å². The summed E-state index contributed by atoms with van der Waals surface area (Å²) in [4.78, 5) is 13.9. The summed E-state index contributed by atoms with van der Waals surface area (Å²) in [5, 5.41) is 13.3. The van der Waals surface area contributed by atoms with Gasteiger partial charge in [0.2, 0.25) is 0 Å². The molecule has 0 aliphatic carbocycles. The van der Waals surface area contributed by atoms with Crippen LogP contribution in [-0.4, -0.2) is 17.3 Å². The van der Waals surface area contributed by atoms with Gasteiger partial charge in [0.1, 0.15) is 0 Å². The molecule has 0 atom stereocenters. The number of hydrogen-bond donors (Lipinski definition) is 1. The molecular formula is C17H12ClF6N3O2. The highest BCUT2D eigenvalue weighted by atomic mass is 35.5. The minimum absolute atomic E-state index is 0.0424. The molecule has 0 amide bonds. The lowest BCUT2D eigenvalue weighted by Gasteiger charge is -2.15. The number of halogens is 7. The van der Waals surface area contributed by atoms with Crippen molar-refractivity contribution in [3.8, 4) is 0 Å². The lowest BCUT2D eigenvalue weighted by molar-refractivity contribution is -0.463. The van der Waals surface area contributed by atoms with Gasteiger partial charge in [-0.15, -0.1) is 0 Å². The largest absolute Gasteiger partial charge is 0.416 e. The summed E-state index contributed by atoms with van der Waals surface area (Å²) in [7, 11) is 0. The summed E-state index contributed by atoms with van der Waals surface area (Å²) < 4.78 is 77.7. The van der Waals surface area contributed by atoms with E-state index in [4.69, 9.17) is 11.6 Å². The minimum atomic E-state index is -5.05. The van der Waals surface area contributed by atoms with Crippen molar-refractivity contribution in [2.75, 3.05) is 11.9 Å². The maximum atomic E-state index is 12.9. The molecule has 0 saturated heterocycles. The molecule has 12 heteroatoms. The number of nitrogens with zero attached hydrogens (tertiary/aromatic N) is 2. The summed E-state index contributed by atoms with van der Waals surface area (Å²) >= 11 is 5.94. The zero-order valence-electron chi connectivity index (χ0n) is 14.3. The molecule has 0 fully saturated rings. The molecular weight excluding hydrogens is 428 g/mol. The number of nitrogens with one attached hydrogen (secondary N) is 1. The van der Waals surface area contributed by atoms with Crippen molar-refractivity contribution >= 4 is 23.1 Å². The second kappa shape index (κ2) is 8.68. The zero-order valence-corrected chi connectivity index (χ0v) is 15.1.